The molecule has 0 amide bonds. The van der Waals surface area contributed by atoms with Gasteiger partial charge in [-0.05, 0) is 41.0 Å². The third-order valence-corrected chi connectivity index (χ3v) is 2.95. The monoisotopic (exact) mass is 256 g/mol. The van der Waals surface area contributed by atoms with Crippen molar-refractivity contribution in [1.29, 1.82) is 0 Å². The Morgan fingerprint density at radius 1 is 1.64 bits per heavy atom. The van der Waals surface area contributed by atoms with E-state index in [1.54, 1.807) is 6.20 Å². The van der Waals surface area contributed by atoms with Crippen molar-refractivity contribution in [3.8, 4) is 5.88 Å². The highest BCUT2D eigenvalue weighted by Crippen LogP contribution is 2.21. The van der Waals surface area contributed by atoms with Gasteiger partial charge >= 0.3 is 0 Å². The fourth-order valence-corrected chi connectivity index (χ4v) is 1.90. The summed E-state index contributed by atoms with van der Waals surface area (Å²) in [6, 6.07) is 3.82. The smallest absolute Gasteiger partial charge is 0.227 e. The van der Waals surface area contributed by atoms with Gasteiger partial charge < -0.3 is 10.1 Å². The van der Waals surface area contributed by atoms with Gasteiger partial charge in [0.25, 0.3) is 0 Å². The van der Waals surface area contributed by atoms with E-state index < -0.39 is 0 Å². The second-order valence-electron chi connectivity index (χ2n) is 3.46. The molecule has 2 rings (SSSR count). The van der Waals surface area contributed by atoms with E-state index in [1.807, 2.05) is 12.1 Å². The second-order valence-corrected chi connectivity index (χ2v) is 4.31. The maximum Gasteiger partial charge on any atom is 0.227 e. The van der Waals surface area contributed by atoms with Gasteiger partial charge in [0.15, 0.2) is 0 Å². The summed E-state index contributed by atoms with van der Waals surface area (Å²) in [5.41, 5.74) is 0. The first-order valence-electron chi connectivity index (χ1n) is 4.80. The maximum absolute atomic E-state index is 5.62. The van der Waals surface area contributed by atoms with Crippen LogP contribution in [0.2, 0.25) is 0 Å². The summed E-state index contributed by atoms with van der Waals surface area (Å²) in [4.78, 5) is 4.15. The number of rotatable bonds is 3. The van der Waals surface area contributed by atoms with Crippen molar-refractivity contribution in [2.45, 2.75) is 6.42 Å². The Hall–Kier alpha value is -0.610. The Balaban J connectivity index is 1.88. The minimum atomic E-state index is 0.629. The quantitative estimate of drug-likeness (QED) is 0.897. The summed E-state index contributed by atoms with van der Waals surface area (Å²) < 4.78 is 6.54. The van der Waals surface area contributed by atoms with Crippen LogP contribution in [0.5, 0.6) is 5.88 Å². The zero-order valence-electron chi connectivity index (χ0n) is 7.87. The highest BCUT2D eigenvalue weighted by molar-refractivity contribution is 9.10. The minimum absolute atomic E-state index is 0.629. The molecule has 0 aromatic carbocycles. The zero-order valence-corrected chi connectivity index (χ0v) is 9.46. The molecule has 1 atom stereocenters. The molecule has 1 N–H and O–H groups in total. The van der Waals surface area contributed by atoms with E-state index in [0.29, 0.717) is 11.8 Å². The molecule has 4 heteroatoms. The van der Waals surface area contributed by atoms with Gasteiger partial charge in [0.1, 0.15) is 0 Å². The van der Waals surface area contributed by atoms with E-state index in [1.165, 1.54) is 6.42 Å². The Kier molecular flexibility index (Phi) is 3.37. The third kappa shape index (κ3) is 2.45. The Bertz CT molecular complexity index is 300. The predicted molar refractivity (Wildman–Crippen MR) is 58.4 cm³/mol. The Morgan fingerprint density at radius 2 is 2.57 bits per heavy atom. The summed E-state index contributed by atoms with van der Waals surface area (Å²) in [7, 11) is 0. The predicted octanol–water partition coefficient (Wildman–Crippen LogP) is 1.83. The molecule has 0 bridgehead atoms. The summed E-state index contributed by atoms with van der Waals surface area (Å²) in [5.74, 6) is 1.32. The van der Waals surface area contributed by atoms with Crippen LogP contribution in [-0.2, 0) is 0 Å². The molecule has 1 aliphatic rings. The van der Waals surface area contributed by atoms with Gasteiger partial charge in [-0.2, -0.15) is 0 Å². The van der Waals surface area contributed by atoms with Crippen molar-refractivity contribution in [3.05, 3.63) is 22.8 Å². The zero-order chi connectivity index (χ0) is 9.80. The summed E-state index contributed by atoms with van der Waals surface area (Å²) >= 11 is 3.40. The Labute approximate surface area is 92.0 Å². The van der Waals surface area contributed by atoms with Crippen LogP contribution in [0.3, 0.4) is 0 Å². The average Bonchev–Trinajstić information content (AvgIpc) is 2.69. The van der Waals surface area contributed by atoms with Crippen molar-refractivity contribution in [3.63, 3.8) is 0 Å². The second kappa shape index (κ2) is 4.75. The Morgan fingerprint density at radius 3 is 3.29 bits per heavy atom. The molecule has 0 radical (unpaired) electrons. The van der Waals surface area contributed by atoms with Crippen LogP contribution in [0.4, 0.5) is 0 Å². The molecule has 2 heterocycles. The lowest BCUT2D eigenvalue weighted by molar-refractivity contribution is 0.249. The summed E-state index contributed by atoms with van der Waals surface area (Å²) in [6.45, 7) is 2.92. The van der Waals surface area contributed by atoms with Crippen molar-refractivity contribution >= 4 is 15.9 Å². The first-order valence-corrected chi connectivity index (χ1v) is 5.59. The lowest BCUT2D eigenvalue weighted by atomic mass is 10.1. The van der Waals surface area contributed by atoms with Gasteiger partial charge in [-0.1, -0.05) is 0 Å². The lowest BCUT2D eigenvalue weighted by Crippen LogP contribution is -2.15. The van der Waals surface area contributed by atoms with Gasteiger partial charge in [-0.15, -0.1) is 0 Å². The van der Waals surface area contributed by atoms with Crippen LogP contribution in [0.1, 0.15) is 6.42 Å². The number of hydrogen-bond acceptors (Lipinski definition) is 3. The van der Waals surface area contributed by atoms with Crippen LogP contribution in [-0.4, -0.2) is 24.7 Å². The molecule has 0 saturated carbocycles. The fourth-order valence-electron chi connectivity index (χ4n) is 1.53. The first kappa shape index (κ1) is 9.93. The number of nitrogens with zero attached hydrogens (tertiary/aromatic N) is 1. The van der Waals surface area contributed by atoms with E-state index in [0.717, 1.165) is 24.2 Å². The molecule has 1 fully saturated rings. The van der Waals surface area contributed by atoms with Gasteiger partial charge in [0, 0.05) is 18.7 Å². The highest BCUT2D eigenvalue weighted by Gasteiger charge is 2.15. The van der Waals surface area contributed by atoms with Crippen molar-refractivity contribution in [2.24, 2.45) is 5.92 Å². The number of nitrogens with one attached hydrogen (secondary N) is 1. The van der Waals surface area contributed by atoms with Crippen molar-refractivity contribution < 1.29 is 4.74 Å². The number of aromatic nitrogens is 1. The number of ether oxygens (including phenoxy) is 1. The topological polar surface area (TPSA) is 34.1 Å². The molecule has 1 unspecified atom stereocenters. The van der Waals surface area contributed by atoms with Crippen molar-refractivity contribution in [2.75, 3.05) is 19.7 Å². The molecule has 3 nitrogen and oxygen atoms in total. The van der Waals surface area contributed by atoms with Crippen LogP contribution in [0.25, 0.3) is 0 Å². The molecular formula is C10H13BrN2O. The molecule has 0 spiro atoms. The van der Waals surface area contributed by atoms with Crippen LogP contribution in [0.15, 0.2) is 22.8 Å². The van der Waals surface area contributed by atoms with E-state index in [4.69, 9.17) is 4.74 Å². The van der Waals surface area contributed by atoms with E-state index >= 15 is 0 Å². The first-order chi connectivity index (χ1) is 6.86. The molecule has 14 heavy (non-hydrogen) atoms. The number of hydrogen-bond donors (Lipinski definition) is 1. The van der Waals surface area contributed by atoms with Crippen molar-refractivity contribution in [1.82, 2.24) is 10.3 Å². The normalized spacial score (nSPS) is 21.1. The van der Waals surface area contributed by atoms with Crippen LogP contribution >= 0.6 is 15.9 Å². The number of pyridine rings is 1. The summed E-state index contributed by atoms with van der Waals surface area (Å²) in [6.07, 6.45) is 2.94. The summed E-state index contributed by atoms with van der Waals surface area (Å²) in [5, 5.41) is 3.31. The highest BCUT2D eigenvalue weighted by atomic mass is 79.9. The molecule has 1 aliphatic heterocycles. The van der Waals surface area contributed by atoms with Crippen LogP contribution < -0.4 is 10.1 Å². The van der Waals surface area contributed by atoms with Gasteiger partial charge in [-0.25, -0.2) is 4.98 Å². The van der Waals surface area contributed by atoms with Crippen LogP contribution in [0, 0.1) is 5.92 Å². The lowest BCUT2D eigenvalue weighted by Gasteiger charge is -2.10. The minimum Gasteiger partial charge on any atom is -0.477 e. The SMILES string of the molecule is Brc1cccnc1OCC1CCNC1. The molecule has 1 aromatic heterocycles. The van der Waals surface area contributed by atoms with Gasteiger partial charge in [0.05, 0.1) is 11.1 Å². The standard InChI is InChI=1S/C10H13BrN2O/c11-9-2-1-4-13-10(9)14-7-8-3-5-12-6-8/h1-2,4,8,12H,3,5-7H2. The fraction of sp³-hybridized carbons (Fsp3) is 0.500. The van der Waals surface area contributed by atoms with E-state index in [2.05, 4.69) is 26.2 Å². The van der Waals surface area contributed by atoms with E-state index in [9.17, 15) is 0 Å². The average molecular weight is 257 g/mol. The molecule has 1 saturated heterocycles. The number of halogens is 1. The molecular weight excluding hydrogens is 244 g/mol. The van der Waals surface area contributed by atoms with E-state index in [-0.39, 0.29) is 0 Å². The molecule has 1 aromatic rings. The maximum atomic E-state index is 5.62. The van der Waals surface area contributed by atoms with Gasteiger partial charge in [-0.3, -0.25) is 0 Å². The van der Waals surface area contributed by atoms with Gasteiger partial charge in [0.2, 0.25) is 5.88 Å². The largest absolute Gasteiger partial charge is 0.477 e. The molecule has 0 aliphatic carbocycles. The molecule has 76 valence electrons. The third-order valence-electron chi connectivity index (χ3n) is 2.34.